The molecule has 0 amide bonds. The third-order valence-corrected chi connectivity index (χ3v) is 4.21. The van der Waals surface area contributed by atoms with Crippen molar-refractivity contribution in [1.82, 2.24) is 5.32 Å². The van der Waals surface area contributed by atoms with E-state index in [-0.39, 0.29) is 5.97 Å². The van der Waals surface area contributed by atoms with E-state index in [1.807, 2.05) is 43.8 Å². The van der Waals surface area contributed by atoms with Crippen LogP contribution in [0.3, 0.4) is 0 Å². The average Bonchev–Trinajstić information content (AvgIpc) is 2.44. The Hall–Kier alpha value is -1.00. The van der Waals surface area contributed by atoms with E-state index in [1.54, 1.807) is 7.05 Å². The molecule has 0 saturated heterocycles. The van der Waals surface area contributed by atoms with E-state index >= 15 is 0 Å². The largest absolute Gasteiger partial charge is 0.465 e. The first-order valence-corrected chi connectivity index (χ1v) is 7.65. The molecule has 0 heterocycles. The Morgan fingerprint density at radius 2 is 2.05 bits per heavy atom. The summed E-state index contributed by atoms with van der Waals surface area (Å²) in [5.41, 5.74) is -0.576. The number of carbonyl (C=O) groups is 1. The summed E-state index contributed by atoms with van der Waals surface area (Å²) in [7, 11) is 1.81. The molecule has 0 aliphatic carbocycles. The van der Waals surface area contributed by atoms with Gasteiger partial charge in [0.2, 0.25) is 0 Å². The summed E-state index contributed by atoms with van der Waals surface area (Å²) < 4.78 is 5.11. The Bertz CT molecular complexity index is 383. The maximum atomic E-state index is 11.9. The van der Waals surface area contributed by atoms with Crippen molar-refractivity contribution in [1.29, 1.82) is 0 Å². The predicted molar refractivity (Wildman–Crippen MR) is 80.5 cm³/mol. The molecule has 1 rings (SSSR count). The number of rotatable bonds is 8. The van der Waals surface area contributed by atoms with Gasteiger partial charge in [0.15, 0.2) is 0 Å². The normalized spacial score (nSPS) is 13.8. The number of hydrogen-bond donors (Lipinski definition) is 1. The van der Waals surface area contributed by atoms with Gasteiger partial charge in [0, 0.05) is 4.90 Å². The Morgan fingerprint density at radius 3 is 2.63 bits per heavy atom. The van der Waals surface area contributed by atoms with Crippen LogP contribution in [0, 0.1) is 0 Å². The Labute approximate surface area is 120 Å². The van der Waals surface area contributed by atoms with Crippen LogP contribution in [0.25, 0.3) is 0 Å². The summed E-state index contributed by atoms with van der Waals surface area (Å²) in [6, 6.07) is 10.3. The summed E-state index contributed by atoms with van der Waals surface area (Å²) in [5, 5.41) is 3.08. The van der Waals surface area contributed by atoms with Crippen molar-refractivity contribution in [3.05, 3.63) is 30.3 Å². The summed E-state index contributed by atoms with van der Waals surface area (Å²) in [6.45, 7) is 4.16. The van der Waals surface area contributed by atoms with Crippen LogP contribution < -0.4 is 5.32 Å². The van der Waals surface area contributed by atoms with Crippen molar-refractivity contribution in [3.63, 3.8) is 0 Å². The van der Waals surface area contributed by atoms with Crippen LogP contribution in [-0.2, 0) is 9.53 Å². The minimum atomic E-state index is -0.576. The van der Waals surface area contributed by atoms with Gasteiger partial charge in [-0.2, -0.15) is 0 Å². The first-order chi connectivity index (χ1) is 9.12. The molecule has 0 aliphatic rings. The van der Waals surface area contributed by atoms with Gasteiger partial charge in [-0.05, 0) is 51.6 Å². The molecule has 0 saturated carbocycles. The zero-order valence-corrected chi connectivity index (χ0v) is 12.8. The second kappa shape index (κ2) is 8.23. The van der Waals surface area contributed by atoms with E-state index < -0.39 is 5.54 Å². The number of nitrogens with one attached hydrogen (secondary N) is 1. The van der Waals surface area contributed by atoms with E-state index in [9.17, 15) is 4.79 Å². The average molecular weight is 281 g/mol. The highest BCUT2D eigenvalue weighted by Gasteiger charge is 2.32. The molecule has 4 heteroatoms. The highest BCUT2D eigenvalue weighted by Crippen LogP contribution is 2.21. The van der Waals surface area contributed by atoms with Gasteiger partial charge in [0.25, 0.3) is 0 Å². The van der Waals surface area contributed by atoms with Crippen molar-refractivity contribution in [3.8, 4) is 0 Å². The SMILES string of the molecule is CCOC(=O)C(C)(CCCSc1ccccc1)NC. The number of carbonyl (C=O) groups excluding carboxylic acids is 1. The van der Waals surface area contributed by atoms with Crippen molar-refractivity contribution in [2.24, 2.45) is 0 Å². The Morgan fingerprint density at radius 1 is 1.37 bits per heavy atom. The standard InChI is InChI=1S/C15H23NO2S/c1-4-18-14(17)15(2,16-3)11-8-12-19-13-9-6-5-7-10-13/h5-7,9-10,16H,4,8,11-12H2,1-3H3. The Kier molecular flexibility index (Phi) is 6.95. The van der Waals surface area contributed by atoms with Gasteiger partial charge in [0.05, 0.1) is 6.61 Å². The van der Waals surface area contributed by atoms with Gasteiger partial charge in [-0.1, -0.05) is 18.2 Å². The van der Waals surface area contributed by atoms with Crippen LogP contribution in [0.4, 0.5) is 0 Å². The lowest BCUT2D eigenvalue weighted by molar-refractivity contribution is -0.150. The summed E-state index contributed by atoms with van der Waals surface area (Å²) in [6.07, 6.45) is 1.75. The highest BCUT2D eigenvalue weighted by atomic mass is 32.2. The fraction of sp³-hybridized carbons (Fsp3) is 0.533. The molecule has 1 unspecified atom stereocenters. The van der Waals surface area contributed by atoms with Crippen LogP contribution in [0.2, 0.25) is 0 Å². The summed E-state index contributed by atoms with van der Waals surface area (Å²) in [5.74, 6) is 0.836. The first kappa shape index (κ1) is 16.1. The molecule has 0 spiro atoms. The van der Waals surface area contributed by atoms with Gasteiger partial charge in [-0.3, -0.25) is 4.79 Å². The van der Waals surface area contributed by atoms with E-state index in [1.165, 1.54) is 4.90 Å². The highest BCUT2D eigenvalue weighted by molar-refractivity contribution is 7.99. The number of ether oxygens (including phenoxy) is 1. The van der Waals surface area contributed by atoms with Gasteiger partial charge in [-0.15, -0.1) is 11.8 Å². The van der Waals surface area contributed by atoms with Gasteiger partial charge in [0.1, 0.15) is 5.54 Å². The smallest absolute Gasteiger partial charge is 0.326 e. The van der Waals surface area contributed by atoms with Crippen LogP contribution in [-0.4, -0.2) is 30.9 Å². The summed E-state index contributed by atoms with van der Waals surface area (Å²) in [4.78, 5) is 13.1. The molecule has 1 aromatic carbocycles. The fourth-order valence-electron chi connectivity index (χ4n) is 1.75. The van der Waals surface area contributed by atoms with Crippen molar-refractivity contribution >= 4 is 17.7 Å². The molecule has 1 atom stereocenters. The lowest BCUT2D eigenvalue weighted by Gasteiger charge is -2.26. The van der Waals surface area contributed by atoms with Crippen LogP contribution >= 0.6 is 11.8 Å². The molecule has 0 radical (unpaired) electrons. The molecule has 0 aliphatic heterocycles. The van der Waals surface area contributed by atoms with Crippen molar-refractivity contribution < 1.29 is 9.53 Å². The fourth-order valence-corrected chi connectivity index (χ4v) is 2.63. The molecule has 19 heavy (non-hydrogen) atoms. The second-order valence-corrected chi connectivity index (χ2v) is 5.74. The van der Waals surface area contributed by atoms with Gasteiger partial charge >= 0.3 is 5.97 Å². The summed E-state index contributed by atoms with van der Waals surface area (Å²) >= 11 is 1.82. The minimum Gasteiger partial charge on any atom is -0.465 e. The third-order valence-electron chi connectivity index (χ3n) is 3.11. The molecular formula is C15H23NO2S. The number of thioether (sulfide) groups is 1. The van der Waals surface area contributed by atoms with Crippen molar-refractivity contribution in [2.45, 2.75) is 37.1 Å². The van der Waals surface area contributed by atoms with E-state index in [0.717, 1.165) is 18.6 Å². The molecule has 0 aromatic heterocycles. The van der Waals surface area contributed by atoms with E-state index in [4.69, 9.17) is 4.74 Å². The quantitative estimate of drug-likeness (QED) is 0.451. The molecule has 3 nitrogen and oxygen atoms in total. The maximum Gasteiger partial charge on any atom is 0.326 e. The van der Waals surface area contributed by atoms with Crippen LogP contribution in [0.15, 0.2) is 35.2 Å². The molecule has 106 valence electrons. The number of benzene rings is 1. The van der Waals surface area contributed by atoms with Gasteiger partial charge < -0.3 is 10.1 Å². The zero-order valence-electron chi connectivity index (χ0n) is 11.9. The molecule has 1 N–H and O–H groups in total. The number of esters is 1. The monoisotopic (exact) mass is 281 g/mol. The van der Waals surface area contributed by atoms with Crippen molar-refractivity contribution in [2.75, 3.05) is 19.4 Å². The van der Waals surface area contributed by atoms with Gasteiger partial charge in [-0.25, -0.2) is 0 Å². The predicted octanol–water partition coefficient (Wildman–Crippen LogP) is 3.10. The van der Waals surface area contributed by atoms with E-state index in [2.05, 4.69) is 17.4 Å². The second-order valence-electron chi connectivity index (χ2n) is 4.57. The van der Waals surface area contributed by atoms with Crippen LogP contribution in [0.1, 0.15) is 26.7 Å². The number of hydrogen-bond acceptors (Lipinski definition) is 4. The molecule has 0 bridgehead atoms. The molecular weight excluding hydrogens is 258 g/mol. The lowest BCUT2D eigenvalue weighted by atomic mass is 9.97. The zero-order chi connectivity index (χ0) is 14.1. The topological polar surface area (TPSA) is 38.3 Å². The minimum absolute atomic E-state index is 0.165. The number of likely N-dealkylation sites (N-methyl/N-ethyl adjacent to an activating group) is 1. The lowest BCUT2D eigenvalue weighted by Crippen LogP contribution is -2.48. The third kappa shape index (κ3) is 5.25. The maximum absolute atomic E-state index is 11.9. The molecule has 0 fully saturated rings. The van der Waals surface area contributed by atoms with Crippen LogP contribution in [0.5, 0.6) is 0 Å². The molecule has 1 aromatic rings. The first-order valence-electron chi connectivity index (χ1n) is 6.66. The Balaban J connectivity index is 2.35. The van der Waals surface area contributed by atoms with E-state index in [0.29, 0.717) is 6.61 Å².